The van der Waals surface area contributed by atoms with Crippen LogP contribution >= 0.6 is 11.8 Å². The monoisotopic (exact) mass is 446 g/mol. The summed E-state index contributed by atoms with van der Waals surface area (Å²) in [6.07, 6.45) is 3.80. The van der Waals surface area contributed by atoms with Crippen LogP contribution in [0.5, 0.6) is 0 Å². The van der Waals surface area contributed by atoms with E-state index in [2.05, 4.69) is 11.9 Å². The summed E-state index contributed by atoms with van der Waals surface area (Å²) in [7, 11) is 0. The van der Waals surface area contributed by atoms with Gasteiger partial charge in [-0.2, -0.15) is 0 Å². The molecule has 5 rings (SSSR count). The molecule has 2 aliphatic rings. The SMILES string of the molecule is Cc1cn(C[C@@]2(C)S[C@@H]3CC(=O)C3[C@H]2C(=O)OC(c2ccccc2)c2ccccc2)cn1. The van der Waals surface area contributed by atoms with E-state index in [0.29, 0.717) is 13.0 Å². The number of imidazole rings is 1. The number of rotatable bonds is 6. The van der Waals surface area contributed by atoms with E-state index in [0.717, 1.165) is 16.8 Å². The molecule has 0 N–H and O–H groups in total. The second-order valence-electron chi connectivity index (χ2n) is 8.97. The Balaban J connectivity index is 1.46. The van der Waals surface area contributed by atoms with Crippen LogP contribution in [-0.2, 0) is 20.9 Å². The third-order valence-electron chi connectivity index (χ3n) is 6.56. The van der Waals surface area contributed by atoms with Crippen molar-refractivity contribution in [1.82, 2.24) is 9.55 Å². The normalized spacial score (nSPS) is 26.6. The molecule has 1 aromatic heterocycles. The second kappa shape index (κ2) is 8.24. The van der Waals surface area contributed by atoms with Crippen molar-refractivity contribution in [2.24, 2.45) is 11.8 Å². The molecule has 4 atom stereocenters. The van der Waals surface area contributed by atoms with E-state index in [9.17, 15) is 9.59 Å². The van der Waals surface area contributed by atoms with Gasteiger partial charge in [0.25, 0.3) is 0 Å². The Labute approximate surface area is 192 Å². The number of hydrogen-bond acceptors (Lipinski definition) is 5. The molecule has 2 heterocycles. The molecule has 6 heteroatoms. The van der Waals surface area contributed by atoms with E-state index in [-0.39, 0.29) is 22.9 Å². The highest BCUT2D eigenvalue weighted by Crippen LogP contribution is 2.59. The first-order valence-electron chi connectivity index (χ1n) is 10.9. The van der Waals surface area contributed by atoms with Gasteiger partial charge in [-0.15, -0.1) is 11.8 Å². The molecule has 164 valence electrons. The zero-order valence-electron chi connectivity index (χ0n) is 18.2. The third kappa shape index (κ3) is 3.77. The molecule has 3 aromatic rings. The average molecular weight is 447 g/mol. The highest BCUT2D eigenvalue weighted by molar-refractivity contribution is 8.01. The minimum atomic E-state index is -0.510. The van der Waals surface area contributed by atoms with Crippen molar-refractivity contribution in [2.75, 3.05) is 0 Å². The number of fused-ring (bicyclic) bond motifs is 1. The maximum Gasteiger partial charge on any atom is 0.312 e. The van der Waals surface area contributed by atoms with E-state index >= 15 is 0 Å². The number of carbonyl (C=O) groups excluding carboxylic acids is 2. The van der Waals surface area contributed by atoms with E-state index < -0.39 is 16.8 Å². The van der Waals surface area contributed by atoms with Crippen molar-refractivity contribution >= 4 is 23.5 Å². The maximum absolute atomic E-state index is 13.7. The first-order chi connectivity index (χ1) is 15.4. The summed E-state index contributed by atoms with van der Waals surface area (Å²) >= 11 is 1.76. The summed E-state index contributed by atoms with van der Waals surface area (Å²) < 4.78 is 7.79. The van der Waals surface area contributed by atoms with Gasteiger partial charge in [-0.3, -0.25) is 9.59 Å². The standard InChI is InChI=1S/C26H26N2O3S/c1-17-14-28(16-27-17)15-26(2)23(22-20(29)13-21(22)32-26)25(30)31-24(18-9-5-3-6-10-18)19-11-7-4-8-12-19/h3-12,14,16,21-24H,13,15H2,1-2H3/t21-,22?,23+,26-/m1/s1. The van der Waals surface area contributed by atoms with Gasteiger partial charge in [0.1, 0.15) is 5.78 Å². The number of ether oxygens (including phenoxy) is 1. The summed E-state index contributed by atoms with van der Waals surface area (Å²) in [5, 5.41) is 0.182. The van der Waals surface area contributed by atoms with Crippen molar-refractivity contribution in [3.8, 4) is 0 Å². The van der Waals surface area contributed by atoms with Crippen LogP contribution in [0.4, 0.5) is 0 Å². The summed E-state index contributed by atoms with van der Waals surface area (Å²) in [6.45, 7) is 4.65. The minimum Gasteiger partial charge on any atom is -0.452 e. The second-order valence-corrected chi connectivity index (χ2v) is 10.7. The van der Waals surface area contributed by atoms with Gasteiger partial charge in [-0.1, -0.05) is 60.7 Å². The van der Waals surface area contributed by atoms with Gasteiger partial charge < -0.3 is 9.30 Å². The predicted molar refractivity (Wildman–Crippen MR) is 124 cm³/mol. The van der Waals surface area contributed by atoms with E-state index in [1.807, 2.05) is 78.4 Å². The van der Waals surface area contributed by atoms with Gasteiger partial charge in [0, 0.05) is 35.1 Å². The first kappa shape index (κ1) is 21.0. The fourth-order valence-corrected chi connectivity index (χ4v) is 7.06. The molecule has 0 amide bonds. The number of esters is 1. The maximum atomic E-state index is 13.7. The Morgan fingerprint density at radius 2 is 1.78 bits per heavy atom. The van der Waals surface area contributed by atoms with Gasteiger partial charge in [-0.25, -0.2) is 4.98 Å². The molecule has 0 radical (unpaired) electrons. The van der Waals surface area contributed by atoms with Crippen molar-refractivity contribution in [1.29, 1.82) is 0 Å². The molecular weight excluding hydrogens is 420 g/mol. The summed E-state index contributed by atoms with van der Waals surface area (Å²) in [4.78, 5) is 30.6. The van der Waals surface area contributed by atoms with Crippen LogP contribution in [0.25, 0.3) is 0 Å². The van der Waals surface area contributed by atoms with Gasteiger partial charge >= 0.3 is 5.97 Å². The molecule has 1 saturated carbocycles. The average Bonchev–Trinajstić information content (AvgIpc) is 3.30. The smallest absolute Gasteiger partial charge is 0.312 e. The lowest BCUT2D eigenvalue weighted by molar-refractivity contribution is -0.159. The molecule has 0 spiro atoms. The van der Waals surface area contributed by atoms with Crippen molar-refractivity contribution in [3.63, 3.8) is 0 Å². The topological polar surface area (TPSA) is 61.2 Å². The molecule has 0 bridgehead atoms. The molecular formula is C26H26N2O3S. The van der Waals surface area contributed by atoms with Crippen LogP contribution < -0.4 is 0 Å². The van der Waals surface area contributed by atoms with E-state index in [4.69, 9.17) is 4.74 Å². The third-order valence-corrected chi connectivity index (χ3v) is 8.25. The lowest BCUT2D eigenvalue weighted by Gasteiger charge is -2.34. The van der Waals surface area contributed by atoms with E-state index in [1.54, 1.807) is 18.1 Å². The minimum absolute atomic E-state index is 0.172. The van der Waals surface area contributed by atoms with E-state index in [1.165, 1.54) is 0 Å². The van der Waals surface area contributed by atoms with Crippen LogP contribution in [0.2, 0.25) is 0 Å². The molecule has 32 heavy (non-hydrogen) atoms. The van der Waals surface area contributed by atoms with Crippen molar-refractivity contribution in [3.05, 3.63) is 90.0 Å². The molecule has 1 aliphatic heterocycles. The highest BCUT2D eigenvalue weighted by atomic mass is 32.2. The lowest BCUT2D eigenvalue weighted by atomic mass is 9.70. The Morgan fingerprint density at radius 1 is 1.16 bits per heavy atom. The molecule has 1 saturated heterocycles. The number of hydrogen-bond donors (Lipinski definition) is 0. The highest BCUT2D eigenvalue weighted by Gasteiger charge is 2.63. The molecule has 1 aliphatic carbocycles. The van der Waals surface area contributed by atoms with Crippen LogP contribution in [0.1, 0.15) is 36.3 Å². The molecule has 1 unspecified atom stereocenters. The van der Waals surface area contributed by atoms with Crippen LogP contribution in [0.15, 0.2) is 73.2 Å². The quantitative estimate of drug-likeness (QED) is 0.518. The lowest BCUT2D eigenvalue weighted by Crippen LogP contribution is -2.47. The Morgan fingerprint density at radius 3 is 2.31 bits per heavy atom. The van der Waals surface area contributed by atoms with Gasteiger partial charge in [0.05, 0.1) is 17.9 Å². The zero-order valence-corrected chi connectivity index (χ0v) is 19.0. The summed E-state index contributed by atoms with van der Waals surface area (Å²) in [6, 6.07) is 19.6. The van der Waals surface area contributed by atoms with Gasteiger partial charge in [0.15, 0.2) is 6.10 Å². The summed E-state index contributed by atoms with van der Waals surface area (Å²) in [5.41, 5.74) is 2.77. The number of nitrogens with zero attached hydrogens (tertiary/aromatic N) is 2. The van der Waals surface area contributed by atoms with Crippen LogP contribution in [0.3, 0.4) is 0 Å². The number of aryl methyl sites for hydroxylation is 1. The Hall–Kier alpha value is -2.86. The van der Waals surface area contributed by atoms with Crippen LogP contribution in [0, 0.1) is 18.8 Å². The van der Waals surface area contributed by atoms with Crippen molar-refractivity contribution < 1.29 is 14.3 Å². The molecule has 2 aromatic carbocycles. The van der Waals surface area contributed by atoms with Crippen LogP contribution in [-0.4, -0.2) is 31.3 Å². The van der Waals surface area contributed by atoms with Crippen molar-refractivity contribution in [2.45, 2.75) is 42.9 Å². The largest absolute Gasteiger partial charge is 0.452 e. The molecule has 2 fully saturated rings. The number of benzene rings is 2. The van der Waals surface area contributed by atoms with Gasteiger partial charge in [-0.05, 0) is 25.0 Å². The number of ketones is 1. The Bertz CT molecular complexity index is 1090. The van der Waals surface area contributed by atoms with Gasteiger partial charge in [0.2, 0.25) is 0 Å². The number of Topliss-reactive ketones (excluding diaryl/α,β-unsaturated/α-hetero) is 1. The summed E-state index contributed by atoms with van der Waals surface area (Å²) in [5.74, 6) is -0.883. The first-order valence-corrected chi connectivity index (χ1v) is 11.8. The zero-order chi connectivity index (χ0) is 22.3. The Kier molecular flexibility index (Phi) is 5.41. The fraction of sp³-hybridized carbons (Fsp3) is 0.346. The number of carbonyl (C=O) groups is 2. The number of aromatic nitrogens is 2. The predicted octanol–water partition coefficient (Wildman–Crippen LogP) is 4.60. The fourth-order valence-electron chi connectivity index (χ4n) is 5.05. The number of thioether (sulfide) groups is 1. The molecule has 5 nitrogen and oxygen atoms in total.